The third-order valence-corrected chi connectivity index (χ3v) is 4.91. The van der Waals surface area contributed by atoms with Gasteiger partial charge in [-0.25, -0.2) is 0 Å². The number of ether oxygens (including phenoxy) is 1. The maximum Gasteiger partial charge on any atom is 0.263 e. The fourth-order valence-corrected chi connectivity index (χ4v) is 3.66. The number of hydrogen-bond donors (Lipinski definition) is 1. The van der Waals surface area contributed by atoms with Crippen LogP contribution in [0.3, 0.4) is 0 Å². The van der Waals surface area contributed by atoms with E-state index >= 15 is 0 Å². The number of benzene rings is 1. The highest BCUT2D eigenvalue weighted by Crippen LogP contribution is 2.29. The first-order chi connectivity index (χ1) is 10.5. The van der Waals surface area contributed by atoms with E-state index in [0.717, 1.165) is 25.9 Å². The molecule has 1 amide bonds. The fourth-order valence-electron chi connectivity index (χ4n) is 3.21. The number of hydrogen-bond acceptors (Lipinski definition) is 3. The van der Waals surface area contributed by atoms with Gasteiger partial charge in [0.25, 0.3) is 5.91 Å². The molecule has 2 aliphatic heterocycles. The molecule has 3 unspecified atom stereocenters. The molecule has 6 heteroatoms. The quantitative estimate of drug-likeness (QED) is 0.917. The van der Waals surface area contributed by atoms with E-state index < -0.39 is 6.10 Å². The summed E-state index contributed by atoms with van der Waals surface area (Å²) in [6.07, 6.45) is 2.82. The molecule has 1 aromatic rings. The number of amides is 1. The summed E-state index contributed by atoms with van der Waals surface area (Å²) in [6.45, 7) is 3.32. The van der Waals surface area contributed by atoms with Crippen molar-refractivity contribution in [2.45, 2.75) is 44.4 Å². The summed E-state index contributed by atoms with van der Waals surface area (Å²) in [4.78, 5) is 14.5. The van der Waals surface area contributed by atoms with Gasteiger partial charge < -0.3 is 15.0 Å². The Labute approximate surface area is 140 Å². The van der Waals surface area contributed by atoms with Gasteiger partial charge in [0.05, 0.1) is 5.02 Å². The largest absolute Gasteiger partial charge is 0.479 e. The second-order valence-corrected chi connectivity index (χ2v) is 6.89. The highest BCUT2D eigenvalue weighted by atomic mass is 35.5. The monoisotopic (exact) mass is 342 g/mol. The third kappa shape index (κ3) is 3.50. The lowest BCUT2D eigenvalue weighted by Crippen LogP contribution is -2.44. The summed E-state index contributed by atoms with van der Waals surface area (Å²) in [5.41, 5.74) is 0. The third-order valence-electron chi connectivity index (χ3n) is 4.38. The van der Waals surface area contributed by atoms with Crippen molar-refractivity contribution in [3.63, 3.8) is 0 Å². The van der Waals surface area contributed by atoms with Gasteiger partial charge in [-0.2, -0.15) is 0 Å². The van der Waals surface area contributed by atoms with Crippen LogP contribution in [-0.2, 0) is 4.79 Å². The number of rotatable bonds is 3. The van der Waals surface area contributed by atoms with Crippen LogP contribution in [0.4, 0.5) is 0 Å². The minimum absolute atomic E-state index is 0.0142. The fraction of sp³-hybridized carbons (Fsp3) is 0.562. The molecule has 0 aliphatic carbocycles. The smallest absolute Gasteiger partial charge is 0.263 e. The van der Waals surface area contributed by atoms with E-state index in [-0.39, 0.29) is 5.91 Å². The van der Waals surface area contributed by atoms with E-state index in [1.165, 1.54) is 6.42 Å². The van der Waals surface area contributed by atoms with Crippen molar-refractivity contribution in [3.05, 3.63) is 28.2 Å². The van der Waals surface area contributed by atoms with Crippen molar-refractivity contribution in [3.8, 4) is 5.75 Å². The minimum Gasteiger partial charge on any atom is -0.479 e. The molecule has 2 fully saturated rings. The van der Waals surface area contributed by atoms with Gasteiger partial charge >= 0.3 is 0 Å². The van der Waals surface area contributed by atoms with Gasteiger partial charge in [0.2, 0.25) is 0 Å². The summed E-state index contributed by atoms with van der Waals surface area (Å²) in [7, 11) is 0. The van der Waals surface area contributed by atoms with Crippen LogP contribution in [0.1, 0.15) is 26.2 Å². The Bertz CT molecular complexity index is 567. The Balaban J connectivity index is 1.64. The summed E-state index contributed by atoms with van der Waals surface area (Å²) in [5.74, 6) is 0.502. The Morgan fingerprint density at radius 3 is 2.86 bits per heavy atom. The zero-order valence-electron chi connectivity index (χ0n) is 12.5. The summed E-state index contributed by atoms with van der Waals surface area (Å²) < 4.78 is 5.73. The average Bonchev–Trinajstić information content (AvgIpc) is 2.80. The van der Waals surface area contributed by atoms with Crippen molar-refractivity contribution in [2.24, 2.45) is 0 Å². The molecule has 3 rings (SSSR count). The first-order valence-corrected chi connectivity index (χ1v) is 8.45. The molecule has 0 saturated carbocycles. The molecule has 0 aromatic heterocycles. The van der Waals surface area contributed by atoms with Crippen LogP contribution in [0.5, 0.6) is 5.75 Å². The first-order valence-electron chi connectivity index (χ1n) is 7.69. The molecule has 4 nitrogen and oxygen atoms in total. The Hall–Kier alpha value is -0.970. The van der Waals surface area contributed by atoms with Crippen LogP contribution >= 0.6 is 23.2 Å². The predicted octanol–water partition coefficient (Wildman–Crippen LogP) is 3.11. The lowest BCUT2D eigenvalue weighted by atomic mass is 10.1. The number of fused-ring (bicyclic) bond motifs is 2. The van der Waals surface area contributed by atoms with E-state index in [0.29, 0.717) is 27.9 Å². The highest BCUT2D eigenvalue weighted by molar-refractivity contribution is 6.35. The van der Waals surface area contributed by atoms with Crippen molar-refractivity contribution >= 4 is 29.1 Å². The van der Waals surface area contributed by atoms with Crippen LogP contribution in [0.2, 0.25) is 10.0 Å². The highest BCUT2D eigenvalue weighted by Gasteiger charge is 2.33. The summed E-state index contributed by atoms with van der Waals surface area (Å²) in [6, 6.07) is 5.99. The van der Waals surface area contributed by atoms with Gasteiger partial charge in [0, 0.05) is 30.2 Å². The Morgan fingerprint density at radius 1 is 1.32 bits per heavy atom. The Morgan fingerprint density at radius 2 is 2.09 bits per heavy atom. The second-order valence-electron chi connectivity index (χ2n) is 6.05. The lowest BCUT2D eigenvalue weighted by molar-refractivity contribution is -0.138. The van der Waals surface area contributed by atoms with Gasteiger partial charge in [0.1, 0.15) is 5.75 Å². The van der Waals surface area contributed by atoms with Gasteiger partial charge in [-0.05, 0) is 44.4 Å². The molecule has 2 heterocycles. The normalized spacial score (nSPS) is 25.7. The van der Waals surface area contributed by atoms with Crippen molar-refractivity contribution < 1.29 is 9.53 Å². The maximum atomic E-state index is 12.6. The molecule has 2 aliphatic rings. The second kappa shape index (κ2) is 6.65. The molecular weight excluding hydrogens is 323 g/mol. The number of carbonyl (C=O) groups is 1. The molecule has 2 saturated heterocycles. The van der Waals surface area contributed by atoms with E-state index in [1.807, 2.05) is 4.90 Å². The standard InChI is InChI=1S/C16H20Cl2N2O2/c1-10(22-15-5-2-11(17)8-14(15)18)16(21)20-7-6-12-3-4-13(9-20)19-12/h2,5,8,10,12-13,19H,3-4,6-7,9H2,1H3. The number of halogens is 2. The van der Waals surface area contributed by atoms with Crippen LogP contribution < -0.4 is 10.1 Å². The molecular formula is C16H20Cl2N2O2. The SMILES string of the molecule is CC(Oc1ccc(Cl)cc1Cl)C(=O)N1CCC2CCC(C1)N2. The zero-order chi connectivity index (χ0) is 15.7. The molecule has 22 heavy (non-hydrogen) atoms. The number of nitrogens with zero attached hydrogens (tertiary/aromatic N) is 1. The van der Waals surface area contributed by atoms with Crippen molar-refractivity contribution in [2.75, 3.05) is 13.1 Å². The molecule has 2 bridgehead atoms. The van der Waals surface area contributed by atoms with Crippen LogP contribution in [0.15, 0.2) is 18.2 Å². The molecule has 1 N–H and O–H groups in total. The molecule has 0 radical (unpaired) electrons. The van der Waals surface area contributed by atoms with Crippen LogP contribution in [0.25, 0.3) is 0 Å². The van der Waals surface area contributed by atoms with E-state index in [1.54, 1.807) is 25.1 Å². The van der Waals surface area contributed by atoms with Gasteiger partial charge in [0.15, 0.2) is 6.10 Å². The van der Waals surface area contributed by atoms with Gasteiger partial charge in [-0.3, -0.25) is 4.79 Å². The molecule has 120 valence electrons. The van der Waals surface area contributed by atoms with Gasteiger partial charge in [-0.15, -0.1) is 0 Å². The zero-order valence-corrected chi connectivity index (χ0v) is 14.0. The topological polar surface area (TPSA) is 41.6 Å². The average molecular weight is 343 g/mol. The summed E-state index contributed by atoms with van der Waals surface area (Å²) >= 11 is 12.0. The Kier molecular flexibility index (Phi) is 4.81. The minimum atomic E-state index is -0.560. The van der Waals surface area contributed by atoms with E-state index in [9.17, 15) is 4.79 Å². The molecule has 3 atom stereocenters. The first kappa shape index (κ1) is 15.9. The van der Waals surface area contributed by atoms with Crippen molar-refractivity contribution in [1.29, 1.82) is 0 Å². The van der Waals surface area contributed by atoms with E-state index in [4.69, 9.17) is 27.9 Å². The predicted molar refractivity (Wildman–Crippen MR) is 87.7 cm³/mol. The lowest BCUT2D eigenvalue weighted by Gasteiger charge is -2.27. The van der Waals surface area contributed by atoms with Crippen molar-refractivity contribution in [1.82, 2.24) is 10.2 Å². The van der Waals surface area contributed by atoms with Crippen LogP contribution in [0, 0.1) is 0 Å². The molecule has 1 aromatic carbocycles. The maximum absolute atomic E-state index is 12.6. The van der Waals surface area contributed by atoms with Crippen LogP contribution in [-0.4, -0.2) is 42.1 Å². The number of nitrogens with one attached hydrogen (secondary N) is 1. The van der Waals surface area contributed by atoms with E-state index in [2.05, 4.69) is 5.32 Å². The van der Waals surface area contributed by atoms with Gasteiger partial charge in [-0.1, -0.05) is 23.2 Å². The molecule has 0 spiro atoms. The number of carbonyl (C=O) groups excluding carboxylic acids is 1. The number of likely N-dealkylation sites (tertiary alicyclic amines) is 1. The summed E-state index contributed by atoms with van der Waals surface area (Å²) in [5, 5.41) is 4.54.